The van der Waals surface area contributed by atoms with Crippen LogP contribution >= 0.6 is 20.4 Å². The molecule has 1 aliphatic rings. The van der Waals surface area contributed by atoms with Crippen molar-refractivity contribution in [2.24, 2.45) is 0 Å². The predicted octanol–water partition coefficient (Wildman–Crippen LogP) is 1.04. The minimum atomic E-state index is -2.91. The van der Waals surface area contributed by atoms with Gasteiger partial charge in [-0.3, -0.25) is 23.7 Å². The monoisotopic (exact) mass is 499 g/mol. The molecule has 0 spiro atoms. The molecule has 0 radical (unpaired) electrons. The van der Waals surface area contributed by atoms with Gasteiger partial charge in [0.25, 0.3) is 13.7 Å². The van der Waals surface area contributed by atoms with E-state index in [2.05, 4.69) is 10.1 Å². The molecule has 2 heterocycles. The van der Waals surface area contributed by atoms with E-state index in [1.807, 2.05) is 30.3 Å². The number of rotatable bonds is 9. The summed E-state index contributed by atoms with van der Waals surface area (Å²) in [6.07, 6.45) is -2.23. The number of ether oxygens (including phenoxy) is 2. The minimum absolute atomic E-state index is 0.000346. The van der Waals surface area contributed by atoms with Crippen LogP contribution in [0, 0.1) is 4.77 Å². The normalized spacial score (nSPS) is 26.6. The summed E-state index contributed by atoms with van der Waals surface area (Å²) in [7, 11) is -2.91. The van der Waals surface area contributed by atoms with Crippen LogP contribution in [-0.2, 0) is 30.0 Å². The molecule has 180 valence electrons. The first-order valence-electron chi connectivity index (χ1n) is 10.1. The SMILES string of the molecule is C[C@H](N[PH](=O)OC[C@H]1O[C@@H](n2ccc(=O)[nH]c2=S)[C@](C)(O)C1O)C(=O)OCc1ccccc1. The Labute approximate surface area is 195 Å². The van der Waals surface area contributed by atoms with Crippen LogP contribution in [0.3, 0.4) is 0 Å². The van der Waals surface area contributed by atoms with E-state index in [0.29, 0.717) is 0 Å². The van der Waals surface area contributed by atoms with Crippen LogP contribution in [0.4, 0.5) is 0 Å². The van der Waals surface area contributed by atoms with Crippen molar-refractivity contribution < 1.29 is 33.6 Å². The fourth-order valence-corrected chi connectivity index (χ4v) is 4.41. The van der Waals surface area contributed by atoms with Crippen molar-refractivity contribution in [1.29, 1.82) is 0 Å². The van der Waals surface area contributed by atoms with Crippen molar-refractivity contribution in [2.45, 2.75) is 50.5 Å². The molecule has 6 atom stereocenters. The molecule has 1 aromatic carbocycles. The summed E-state index contributed by atoms with van der Waals surface area (Å²) in [4.78, 5) is 25.9. The average Bonchev–Trinajstić information content (AvgIpc) is 3.00. The predicted molar refractivity (Wildman–Crippen MR) is 120 cm³/mol. The lowest BCUT2D eigenvalue weighted by molar-refractivity contribution is -0.146. The molecule has 1 aliphatic heterocycles. The van der Waals surface area contributed by atoms with Gasteiger partial charge in [-0.1, -0.05) is 30.3 Å². The lowest BCUT2D eigenvalue weighted by Gasteiger charge is -2.27. The third-order valence-corrected chi connectivity index (χ3v) is 6.56. The van der Waals surface area contributed by atoms with E-state index in [4.69, 9.17) is 26.2 Å². The van der Waals surface area contributed by atoms with Crippen molar-refractivity contribution >= 4 is 26.4 Å². The third kappa shape index (κ3) is 6.24. The number of carbonyl (C=O) groups is 1. The molecule has 1 aromatic heterocycles. The zero-order valence-corrected chi connectivity index (χ0v) is 19.8. The first kappa shape index (κ1) is 25.4. The highest BCUT2D eigenvalue weighted by atomic mass is 32.1. The zero-order chi connectivity index (χ0) is 24.2. The molecular formula is C20H26N3O8PS. The Kier molecular flexibility index (Phi) is 8.35. The fourth-order valence-electron chi connectivity index (χ4n) is 3.28. The number of nitrogens with zero attached hydrogens (tertiary/aromatic N) is 1. The summed E-state index contributed by atoms with van der Waals surface area (Å²) >= 11 is 5.09. The number of nitrogens with one attached hydrogen (secondary N) is 2. The Balaban J connectivity index is 1.52. The first-order valence-corrected chi connectivity index (χ1v) is 11.8. The van der Waals surface area contributed by atoms with Crippen molar-refractivity contribution in [1.82, 2.24) is 14.6 Å². The standard InChI is InChI=1S/C20H26N3O8PS/c1-12(17(26)29-10-13-6-4-3-5-7-13)22-32(28)30-11-14-16(25)20(2,27)18(31-14)23-9-8-15(24)21-19(23)33/h3-9,12,14,16,18,25,27,32H,10-11H2,1-2H3,(H,22,28)(H,21,24,33)/t12-,14+,16?,18+,20+/m0/s1. The van der Waals surface area contributed by atoms with Crippen molar-refractivity contribution in [2.75, 3.05) is 6.61 Å². The van der Waals surface area contributed by atoms with Gasteiger partial charge in [0.05, 0.1) is 6.61 Å². The number of aliphatic hydroxyl groups excluding tert-OH is 1. The maximum atomic E-state index is 12.3. The van der Waals surface area contributed by atoms with Gasteiger partial charge in [0.15, 0.2) is 11.0 Å². The lowest BCUT2D eigenvalue weighted by Crippen LogP contribution is -2.44. The number of carbonyl (C=O) groups excluding carboxylic acids is 1. The Morgan fingerprint density at radius 3 is 2.76 bits per heavy atom. The number of hydrogen-bond donors (Lipinski definition) is 4. The van der Waals surface area contributed by atoms with Crippen LogP contribution in [0.5, 0.6) is 0 Å². The molecule has 33 heavy (non-hydrogen) atoms. The Morgan fingerprint density at radius 2 is 2.09 bits per heavy atom. The Bertz CT molecular complexity index is 1110. The minimum Gasteiger partial charge on any atom is -0.460 e. The highest BCUT2D eigenvalue weighted by Gasteiger charge is 2.53. The van der Waals surface area contributed by atoms with Gasteiger partial charge in [-0.25, -0.2) is 5.09 Å². The Hall–Kier alpha value is -2.18. The van der Waals surface area contributed by atoms with Gasteiger partial charge in [-0.2, -0.15) is 0 Å². The van der Waals surface area contributed by atoms with Gasteiger partial charge < -0.3 is 24.2 Å². The van der Waals surface area contributed by atoms with Crippen LogP contribution in [0.2, 0.25) is 0 Å². The molecule has 13 heteroatoms. The second-order valence-corrected chi connectivity index (χ2v) is 9.31. The van der Waals surface area contributed by atoms with Crippen LogP contribution < -0.4 is 10.6 Å². The second-order valence-electron chi connectivity index (χ2n) is 7.77. The van der Waals surface area contributed by atoms with E-state index in [0.717, 1.165) is 5.56 Å². The summed E-state index contributed by atoms with van der Waals surface area (Å²) in [6.45, 7) is 2.58. The number of aromatic nitrogens is 2. The number of benzene rings is 1. The molecule has 1 saturated heterocycles. The van der Waals surface area contributed by atoms with Gasteiger partial charge >= 0.3 is 5.97 Å². The summed E-state index contributed by atoms with van der Waals surface area (Å²) < 4.78 is 29.7. The molecule has 0 saturated carbocycles. The largest absolute Gasteiger partial charge is 0.460 e. The molecule has 4 N–H and O–H groups in total. The van der Waals surface area contributed by atoms with Gasteiger partial charge in [0.1, 0.15) is 30.5 Å². The molecule has 0 bridgehead atoms. The highest BCUT2D eigenvalue weighted by molar-refractivity contribution is 7.71. The number of hydrogen-bond acceptors (Lipinski definition) is 9. The Morgan fingerprint density at radius 1 is 1.39 bits per heavy atom. The maximum Gasteiger partial charge on any atom is 0.323 e. The summed E-state index contributed by atoms with van der Waals surface area (Å²) in [5.74, 6) is -0.603. The van der Waals surface area contributed by atoms with Gasteiger partial charge in [-0.15, -0.1) is 0 Å². The van der Waals surface area contributed by atoms with Crippen LogP contribution in [0.15, 0.2) is 47.4 Å². The van der Waals surface area contributed by atoms with Crippen molar-refractivity contribution in [3.05, 3.63) is 63.3 Å². The third-order valence-electron chi connectivity index (χ3n) is 5.15. The number of esters is 1. The van der Waals surface area contributed by atoms with Crippen LogP contribution in [0.1, 0.15) is 25.6 Å². The smallest absolute Gasteiger partial charge is 0.323 e. The van der Waals surface area contributed by atoms with Gasteiger partial charge in [-0.05, 0) is 31.6 Å². The summed E-state index contributed by atoms with van der Waals surface area (Å²) in [5, 5.41) is 23.8. The van der Waals surface area contributed by atoms with E-state index in [1.165, 1.54) is 30.7 Å². The van der Waals surface area contributed by atoms with Gasteiger partial charge in [0, 0.05) is 12.3 Å². The van der Waals surface area contributed by atoms with Crippen molar-refractivity contribution in [3.63, 3.8) is 0 Å². The quantitative estimate of drug-likeness (QED) is 0.224. The molecule has 0 amide bonds. The summed E-state index contributed by atoms with van der Waals surface area (Å²) in [5.41, 5.74) is -1.38. The average molecular weight is 499 g/mol. The first-order chi connectivity index (χ1) is 15.6. The van der Waals surface area contributed by atoms with E-state index >= 15 is 0 Å². The molecule has 1 fully saturated rings. The van der Waals surface area contributed by atoms with E-state index in [1.54, 1.807) is 0 Å². The van der Waals surface area contributed by atoms with Crippen LogP contribution in [-0.4, -0.2) is 56.2 Å². The molecule has 2 aromatic rings. The van der Waals surface area contributed by atoms with Gasteiger partial charge in [0.2, 0.25) is 0 Å². The molecule has 11 nitrogen and oxygen atoms in total. The molecular weight excluding hydrogens is 473 g/mol. The highest BCUT2D eigenvalue weighted by Crippen LogP contribution is 2.39. The molecule has 2 unspecified atom stereocenters. The van der Waals surface area contributed by atoms with E-state index < -0.39 is 49.8 Å². The van der Waals surface area contributed by atoms with E-state index in [9.17, 15) is 24.4 Å². The number of aromatic amines is 1. The van der Waals surface area contributed by atoms with Crippen molar-refractivity contribution in [3.8, 4) is 0 Å². The maximum absolute atomic E-state index is 12.3. The van der Waals surface area contributed by atoms with Crippen LogP contribution in [0.25, 0.3) is 0 Å². The molecule has 3 rings (SSSR count). The summed E-state index contributed by atoms with van der Waals surface area (Å²) in [6, 6.07) is 9.42. The second kappa shape index (κ2) is 10.8. The van der Waals surface area contributed by atoms with E-state index in [-0.39, 0.29) is 18.0 Å². The topological polar surface area (TPSA) is 152 Å². The molecule has 0 aliphatic carbocycles. The number of H-pyrrole nitrogens is 1. The lowest BCUT2D eigenvalue weighted by atomic mass is 9.96. The number of aliphatic hydroxyl groups is 2. The fraction of sp³-hybridized carbons (Fsp3) is 0.450. The zero-order valence-electron chi connectivity index (χ0n) is 18.0.